The molecule has 0 heterocycles. The highest BCUT2D eigenvalue weighted by atomic mass is 28.2. The van der Waals surface area contributed by atoms with Gasteiger partial charge in [0, 0.05) is 0 Å². The van der Waals surface area contributed by atoms with Crippen molar-refractivity contribution in [2.75, 3.05) is 0 Å². The Bertz CT molecular complexity index is 424. The summed E-state index contributed by atoms with van der Waals surface area (Å²) in [5, 5.41) is 2.72. The molecule has 0 saturated heterocycles. The summed E-state index contributed by atoms with van der Waals surface area (Å²) in [4.78, 5) is 0. The lowest BCUT2D eigenvalue weighted by Gasteiger charge is -2.24. The zero-order chi connectivity index (χ0) is 19.7. The molecule has 4 nitrogen and oxygen atoms in total. The molecule has 0 unspecified atom stereocenters. The fraction of sp³-hybridized carbons (Fsp3) is 0.700. The molecule has 1 rings (SSSR count). The van der Waals surface area contributed by atoms with Gasteiger partial charge in [-0.15, -0.1) is 0 Å². The highest BCUT2D eigenvalue weighted by molar-refractivity contribution is 6.56. The van der Waals surface area contributed by atoms with Crippen LogP contribution in [0.2, 0.25) is 0 Å². The van der Waals surface area contributed by atoms with Crippen LogP contribution in [0.15, 0.2) is 24.3 Å². The summed E-state index contributed by atoms with van der Waals surface area (Å²) < 4.78 is 23.8. The molecule has 0 saturated carbocycles. The number of ether oxygens (including phenoxy) is 4. The topological polar surface area (TPSA) is 36.9 Å². The van der Waals surface area contributed by atoms with E-state index in [2.05, 4.69) is 79.7 Å². The summed E-state index contributed by atoms with van der Waals surface area (Å²) in [6, 6.07) is 8.93. The summed E-state index contributed by atoms with van der Waals surface area (Å²) >= 11 is 0. The van der Waals surface area contributed by atoms with E-state index in [-0.39, 0.29) is 36.2 Å². The minimum atomic E-state index is -0.654. The maximum absolute atomic E-state index is 5.96. The highest BCUT2D eigenvalue weighted by Crippen LogP contribution is 2.04. The zero-order valence-electron chi connectivity index (χ0n) is 17.8. The second kappa shape index (κ2) is 12.1. The maximum Gasteiger partial charge on any atom is 0.140 e. The van der Waals surface area contributed by atoms with Gasteiger partial charge in [-0.3, -0.25) is 0 Å². The predicted octanol–water partition coefficient (Wildman–Crippen LogP) is 1.54. The van der Waals surface area contributed by atoms with Crippen molar-refractivity contribution in [3.63, 3.8) is 0 Å². The van der Waals surface area contributed by atoms with Crippen molar-refractivity contribution in [1.29, 1.82) is 0 Å². The van der Waals surface area contributed by atoms with Gasteiger partial charge in [0.25, 0.3) is 0 Å². The molecule has 6 heteroatoms. The van der Waals surface area contributed by atoms with Crippen LogP contribution in [0.4, 0.5) is 0 Å². The zero-order valence-corrected chi connectivity index (χ0v) is 20.6. The summed E-state index contributed by atoms with van der Waals surface area (Å²) in [6.45, 7) is 16.5. The van der Waals surface area contributed by atoms with Crippen molar-refractivity contribution in [1.82, 2.24) is 0 Å². The normalized spacial score (nSPS) is 13.5. The monoisotopic (exact) mass is 398 g/mol. The van der Waals surface area contributed by atoms with Gasteiger partial charge in [-0.25, -0.2) is 0 Å². The van der Waals surface area contributed by atoms with Crippen LogP contribution in [0.25, 0.3) is 0 Å². The van der Waals surface area contributed by atoms with Crippen molar-refractivity contribution in [2.24, 2.45) is 0 Å². The fourth-order valence-electron chi connectivity index (χ4n) is 2.67. The van der Waals surface area contributed by atoms with Gasteiger partial charge in [0.15, 0.2) is 0 Å². The predicted molar refractivity (Wildman–Crippen MR) is 115 cm³/mol. The van der Waals surface area contributed by atoms with Crippen molar-refractivity contribution in [3.05, 3.63) is 24.3 Å². The molecule has 0 aliphatic carbocycles. The third-order valence-electron chi connectivity index (χ3n) is 3.52. The van der Waals surface area contributed by atoms with E-state index in [1.807, 2.05) is 0 Å². The van der Waals surface area contributed by atoms with Crippen LogP contribution in [0, 0.1) is 0 Å². The molecule has 0 spiro atoms. The van der Waals surface area contributed by atoms with Gasteiger partial charge in [0.2, 0.25) is 0 Å². The van der Waals surface area contributed by atoms with E-state index in [4.69, 9.17) is 18.9 Å². The van der Waals surface area contributed by atoms with E-state index in [0.717, 1.165) is 0 Å². The average Bonchev–Trinajstić information content (AvgIpc) is 2.46. The Kier molecular flexibility index (Phi) is 10.9. The van der Waals surface area contributed by atoms with Crippen LogP contribution in [0.1, 0.15) is 55.4 Å². The Morgan fingerprint density at radius 3 is 0.923 bits per heavy atom. The van der Waals surface area contributed by atoms with E-state index >= 15 is 0 Å². The molecule has 0 radical (unpaired) electrons. The van der Waals surface area contributed by atoms with E-state index < -0.39 is 19.0 Å². The highest BCUT2D eigenvalue weighted by Gasteiger charge is 2.17. The van der Waals surface area contributed by atoms with Gasteiger partial charge in [0.1, 0.15) is 30.9 Å². The Balaban J connectivity index is 2.70. The first-order chi connectivity index (χ1) is 12.2. The quantitative estimate of drug-likeness (QED) is 0.395. The molecule has 0 fully saturated rings. The molecule has 1 aromatic carbocycles. The first kappa shape index (κ1) is 23.5. The average molecular weight is 399 g/mol. The van der Waals surface area contributed by atoms with Gasteiger partial charge in [0.05, 0.1) is 24.4 Å². The van der Waals surface area contributed by atoms with Gasteiger partial charge in [-0.2, -0.15) is 0 Å². The minimum absolute atomic E-state index is 0.0700. The Morgan fingerprint density at radius 1 is 0.500 bits per heavy atom. The lowest BCUT2D eigenvalue weighted by atomic mass is 10.4. The summed E-state index contributed by atoms with van der Waals surface area (Å²) in [5.41, 5.74) is 0. The molecule has 0 N–H and O–H groups in total. The van der Waals surface area contributed by atoms with E-state index in [0.29, 0.717) is 0 Å². The summed E-state index contributed by atoms with van der Waals surface area (Å²) in [7, 11) is -1.31. The molecule has 0 amide bonds. The van der Waals surface area contributed by atoms with Crippen molar-refractivity contribution in [3.8, 4) is 0 Å². The number of hydrogen-bond acceptors (Lipinski definition) is 4. The van der Waals surface area contributed by atoms with Gasteiger partial charge >= 0.3 is 0 Å². The molecule has 0 aliphatic rings. The second-order valence-corrected chi connectivity index (χ2v) is 11.6. The molecule has 26 heavy (non-hydrogen) atoms. The van der Waals surface area contributed by atoms with Crippen molar-refractivity contribution < 1.29 is 18.9 Å². The molecule has 0 bridgehead atoms. The molecule has 1 aromatic rings. The second-order valence-electron chi connectivity index (χ2n) is 7.82. The first-order valence-corrected chi connectivity index (χ1v) is 12.9. The van der Waals surface area contributed by atoms with Crippen molar-refractivity contribution >= 4 is 29.4 Å². The van der Waals surface area contributed by atoms with Gasteiger partial charge < -0.3 is 18.9 Å². The summed E-state index contributed by atoms with van der Waals surface area (Å²) in [5.74, 6) is -0.140. The number of hydrogen-bond donors (Lipinski definition) is 0. The van der Waals surface area contributed by atoms with Crippen LogP contribution in [-0.4, -0.2) is 55.3 Å². The largest absolute Gasteiger partial charge is 0.354 e. The first-order valence-electron chi connectivity index (χ1n) is 9.85. The van der Waals surface area contributed by atoms with Crippen molar-refractivity contribution in [2.45, 2.75) is 91.6 Å². The van der Waals surface area contributed by atoms with Crippen LogP contribution in [-0.2, 0) is 18.9 Å². The SMILES string of the molecule is CC(C)OC(OC(C)C)[SiH2]c1ccc([SiH2]C(OC(C)C)OC(C)C)cc1. The number of benzene rings is 1. The molecule has 0 atom stereocenters. The minimum Gasteiger partial charge on any atom is -0.354 e. The maximum atomic E-state index is 5.96. The van der Waals surface area contributed by atoms with Gasteiger partial charge in [-0.05, 0) is 55.4 Å². The number of rotatable bonds is 12. The smallest absolute Gasteiger partial charge is 0.140 e. The van der Waals surface area contributed by atoms with Gasteiger partial charge in [-0.1, -0.05) is 34.6 Å². The fourth-order valence-corrected chi connectivity index (χ4v) is 6.38. The Labute approximate surface area is 164 Å². The third kappa shape index (κ3) is 10.6. The Morgan fingerprint density at radius 2 is 0.731 bits per heavy atom. The Hall–Kier alpha value is -0.506. The third-order valence-corrected chi connectivity index (χ3v) is 6.85. The standard InChI is InChI=1S/C20H38O4Si2/c1-13(2)21-19(22-14(3)4)25-17-9-11-18(12-10-17)26-20(23-15(5)6)24-16(7)8/h9-16,19-20H,25-26H2,1-8H3. The molecule has 0 aliphatic heterocycles. The van der Waals surface area contributed by atoms with Crippen LogP contribution in [0.3, 0.4) is 0 Å². The van der Waals surface area contributed by atoms with Crippen LogP contribution < -0.4 is 10.4 Å². The lowest BCUT2D eigenvalue weighted by molar-refractivity contribution is -0.133. The van der Waals surface area contributed by atoms with E-state index in [9.17, 15) is 0 Å². The molecular weight excluding hydrogens is 360 g/mol. The molecule has 150 valence electrons. The van der Waals surface area contributed by atoms with Crippen LogP contribution in [0.5, 0.6) is 0 Å². The summed E-state index contributed by atoms with van der Waals surface area (Å²) in [6.07, 6.45) is 0.722. The molecular formula is C20H38O4Si2. The molecule has 0 aromatic heterocycles. The van der Waals surface area contributed by atoms with Crippen LogP contribution >= 0.6 is 0 Å². The lowest BCUT2D eigenvalue weighted by Crippen LogP contribution is -2.39. The van der Waals surface area contributed by atoms with E-state index in [1.165, 1.54) is 10.4 Å². The van der Waals surface area contributed by atoms with E-state index in [1.54, 1.807) is 0 Å².